The molecule has 1 aromatic heterocycles. The summed E-state index contributed by atoms with van der Waals surface area (Å²) < 4.78 is 38.5. The maximum Gasteiger partial charge on any atom is 0.416 e. The number of rotatable bonds is 3. The molecule has 144 valence electrons. The van der Waals surface area contributed by atoms with Gasteiger partial charge in [-0.2, -0.15) is 13.2 Å². The molecule has 0 saturated carbocycles. The second-order valence-electron chi connectivity index (χ2n) is 6.21. The third-order valence-electron chi connectivity index (χ3n) is 4.23. The fourth-order valence-corrected chi connectivity index (χ4v) is 2.78. The number of nitrogens with one attached hydrogen (secondary N) is 1. The van der Waals surface area contributed by atoms with Gasteiger partial charge in [0.1, 0.15) is 0 Å². The summed E-state index contributed by atoms with van der Waals surface area (Å²) in [6.07, 6.45) is -1.80. The molecule has 2 heterocycles. The van der Waals surface area contributed by atoms with Gasteiger partial charge in [-0.1, -0.05) is 11.6 Å². The van der Waals surface area contributed by atoms with Crippen LogP contribution in [0.5, 0.6) is 0 Å². The van der Waals surface area contributed by atoms with E-state index in [-0.39, 0.29) is 22.6 Å². The Balaban J connectivity index is 1.72. The molecule has 6 nitrogen and oxygen atoms in total. The monoisotopic (exact) mass is 399 g/mol. The SMILES string of the molecule is CN1CCN(C(=O)c2cnc(Nc3cc(C(F)(F)F)ccc3Cl)nc2)CC1. The van der Waals surface area contributed by atoms with Gasteiger partial charge >= 0.3 is 6.18 Å². The molecular weight excluding hydrogens is 383 g/mol. The van der Waals surface area contributed by atoms with Gasteiger partial charge in [0.2, 0.25) is 5.95 Å². The number of hydrogen-bond acceptors (Lipinski definition) is 5. The van der Waals surface area contributed by atoms with Crippen molar-refractivity contribution >= 4 is 29.1 Å². The number of nitrogens with zero attached hydrogens (tertiary/aromatic N) is 4. The van der Waals surface area contributed by atoms with Crippen molar-refractivity contribution in [3.8, 4) is 0 Å². The van der Waals surface area contributed by atoms with Crippen LogP contribution in [0, 0.1) is 0 Å². The number of alkyl halides is 3. The van der Waals surface area contributed by atoms with Crippen LogP contribution in [0.25, 0.3) is 0 Å². The van der Waals surface area contributed by atoms with Crippen LogP contribution in [0.3, 0.4) is 0 Å². The van der Waals surface area contributed by atoms with Crippen molar-refractivity contribution < 1.29 is 18.0 Å². The summed E-state index contributed by atoms with van der Waals surface area (Å²) in [6.45, 7) is 2.82. The van der Waals surface area contributed by atoms with Gasteiger partial charge in [-0.05, 0) is 25.2 Å². The Morgan fingerprint density at radius 1 is 1.15 bits per heavy atom. The third kappa shape index (κ3) is 4.67. The zero-order valence-corrected chi connectivity index (χ0v) is 15.2. The summed E-state index contributed by atoms with van der Waals surface area (Å²) in [6, 6.07) is 2.93. The quantitative estimate of drug-likeness (QED) is 0.858. The van der Waals surface area contributed by atoms with Crippen molar-refractivity contribution in [1.82, 2.24) is 19.8 Å². The molecule has 3 rings (SSSR count). The molecule has 27 heavy (non-hydrogen) atoms. The number of benzene rings is 1. The van der Waals surface area contributed by atoms with Crippen molar-refractivity contribution in [2.75, 3.05) is 38.5 Å². The third-order valence-corrected chi connectivity index (χ3v) is 4.56. The predicted molar refractivity (Wildman–Crippen MR) is 95.2 cm³/mol. The van der Waals surface area contributed by atoms with Gasteiger partial charge in [0.25, 0.3) is 5.91 Å². The Labute approximate surface area is 159 Å². The fourth-order valence-electron chi connectivity index (χ4n) is 2.61. The Bertz CT molecular complexity index is 820. The molecule has 2 aromatic rings. The Kier molecular flexibility index (Phi) is 5.52. The topological polar surface area (TPSA) is 61.4 Å². The van der Waals surface area contributed by atoms with Crippen molar-refractivity contribution in [2.45, 2.75) is 6.18 Å². The first-order valence-corrected chi connectivity index (χ1v) is 8.55. The summed E-state index contributed by atoms with van der Waals surface area (Å²) in [7, 11) is 1.99. The average Bonchev–Trinajstić information content (AvgIpc) is 2.63. The highest BCUT2D eigenvalue weighted by atomic mass is 35.5. The number of amides is 1. The molecule has 10 heteroatoms. The number of carbonyl (C=O) groups is 1. The smallest absolute Gasteiger partial charge is 0.336 e. The summed E-state index contributed by atoms with van der Waals surface area (Å²) in [5, 5.41) is 2.75. The molecule has 1 saturated heterocycles. The molecule has 0 atom stereocenters. The maximum atomic E-state index is 12.8. The van der Waals surface area contributed by atoms with Crippen LogP contribution in [0.1, 0.15) is 15.9 Å². The second-order valence-corrected chi connectivity index (χ2v) is 6.62. The van der Waals surface area contributed by atoms with E-state index in [0.717, 1.165) is 31.3 Å². The van der Waals surface area contributed by atoms with Gasteiger partial charge in [0.05, 0.1) is 21.8 Å². The Morgan fingerprint density at radius 2 is 1.78 bits per heavy atom. The van der Waals surface area contributed by atoms with Crippen molar-refractivity contribution in [1.29, 1.82) is 0 Å². The molecule has 1 aliphatic rings. The minimum Gasteiger partial charge on any atom is -0.336 e. The second kappa shape index (κ2) is 7.69. The number of aromatic nitrogens is 2. The van der Waals surface area contributed by atoms with Gasteiger partial charge < -0.3 is 15.1 Å². The van der Waals surface area contributed by atoms with Gasteiger partial charge in [-0.3, -0.25) is 4.79 Å². The molecule has 1 N–H and O–H groups in total. The number of piperazine rings is 1. The van der Waals surface area contributed by atoms with E-state index in [9.17, 15) is 18.0 Å². The zero-order valence-electron chi connectivity index (χ0n) is 14.4. The lowest BCUT2D eigenvalue weighted by Crippen LogP contribution is -2.47. The maximum absolute atomic E-state index is 12.8. The minimum absolute atomic E-state index is 0.0321. The first-order chi connectivity index (χ1) is 12.7. The molecule has 0 bridgehead atoms. The summed E-state index contributed by atoms with van der Waals surface area (Å²) in [5.74, 6) is -0.127. The highest BCUT2D eigenvalue weighted by molar-refractivity contribution is 6.33. The standard InChI is InChI=1S/C17H17ClF3N5O/c1-25-4-6-26(7-5-25)15(27)11-9-22-16(23-10-11)24-14-8-12(17(19,20)21)2-3-13(14)18/h2-3,8-10H,4-7H2,1H3,(H,22,23,24). The van der Waals surface area contributed by atoms with Crippen molar-refractivity contribution in [2.24, 2.45) is 0 Å². The van der Waals surface area contributed by atoms with Crippen LogP contribution in [0.4, 0.5) is 24.8 Å². The summed E-state index contributed by atoms with van der Waals surface area (Å²) in [4.78, 5) is 24.3. The lowest BCUT2D eigenvalue weighted by molar-refractivity contribution is -0.137. The normalized spacial score (nSPS) is 15.7. The lowest BCUT2D eigenvalue weighted by Gasteiger charge is -2.32. The first kappa shape index (κ1) is 19.4. The average molecular weight is 400 g/mol. The number of carbonyl (C=O) groups excluding carboxylic acids is 1. The molecule has 1 amide bonds. The molecule has 0 spiro atoms. The molecule has 0 aliphatic carbocycles. The van der Waals surface area contributed by atoms with Gasteiger partial charge in [-0.25, -0.2) is 9.97 Å². The zero-order chi connectivity index (χ0) is 19.6. The highest BCUT2D eigenvalue weighted by Gasteiger charge is 2.31. The summed E-state index contributed by atoms with van der Waals surface area (Å²) in [5.41, 5.74) is -0.485. The van der Waals surface area contributed by atoms with Gasteiger partial charge in [0, 0.05) is 38.6 Å². The summed E-state index contributed by atoms with van der Waals surface area (Å²) >= 11 is 5.94. The van der Waals surface area contributed by atoms with Crippen LogP contribution < -0.4 is 5.32 Å². The molecule has 1 aromatic carbocycles. The molecule has 0 unspecified atom stereocenters. The van der Waals surface area contributed by atoms with E-state index < -0.39 is 11.7 Å². The van der Waals surface area contributed by atoms with E-state index in [4.69, 9.17) is 11.6 Å². The van der Waals surface area contributed by atoms with Crippen LogP contribution in [-0.4, -0.2) is 58.9 Å². The van der Waals surface area contributed by atoms with Crippen LogP contribution in [0.2, 0.25) is 5.02 Å². The molecule has 0 radical (unpaired) electrons. The van der Waals surface area contributed by atoms with E-state index in [1.54, 1.807) is 4.90 Å². The molecular formula is C17H17ClF3N5O. The van der Waals surface area contributed by atoms with E-state index in [0.29, 0.717) is 18.7 Å². The highest BCUT2D eigenvalue weighted by Crippen LogP contribution is 2.34. The van der Waals surface area contributed by atoms with Crippen LogP contribution >= 0.6 is 11.6 Å². The van der Waals surface area contributed by atoms with E-state index >= 15 is 0 Å². The van der Waals surface area contributed by atoms with Crippen molar-refractivity contribution in [3.63, 3.8) is 0 Å². The van der Waals surface area contributed by atoms with E-state index in [2.05, 4.69) is 20.2 Å². The molecule has 1 aliphatic heterocycles. The first-order valence-electron chi connectivity index (χ1n) is 8.17. The molecule has 1 fully saturated rings. The van der Waals surface area contributed by atoms with Crippen LogP contribution in [-0.2, 0) is 6.18 Å². The predicted octanol–water partition coefficient (Wildman–Crippen LogP) is 3.28. The number of hydrogen-bond donors (Lipinski definition) is 1. The Morgan fingerprint density at radius 3 is 2.37 bits per heavy atom. The van der Waals surface area contributed by atoms with Gasteiger partial charge in [0.15, 0.2) is 0 Å². The number of anilines is 2. The number of halogens is 4. The lowest BCUT2D eigenvalue weighted by atomic mass is 10.2. The van der Waals surface area contributed by atoms with Gasteiger partial charge in [-0.15, -0.1) is 0 Å². The van der Waals surface area contributed by atoms with Crippen molar-refractivity contribution in [3.05, 3.63) is 46.7 Å². The Hall–Kier alpha value is -2.39. The minimum atomic E-state index is -4.49. The fraction of sp³-hybridized carbons (Fsp3) is 0.353. The van der Waals surface area contributed by atoms with E-state index in [1.165, 1.54) is 12.4 Å². The number of likely N-dealkylation sites (N-methyl/N-ethyl adjacent to an activating group) is 1. The largest absolute Gasteiger partial charge is 0.416 e. The van der Waals surface area contributed by atoms with E-state index in [1.807, 2.05) is 7.05 Å². The van der Waals surface area contributed by atoms with Crippen LogP contribution in [0.15, 0.2) is 30.6 Å².